The Morgan fingerprint density at radius 3 is 2.76 bits per heavy atom. The fourth-order valence-electron chi connectivity index (χ4n) is 2.28. The number of anilines is 1. The maximum atomic E-state index is 12.1. The third-order valence-electron chi connectivity index (χ3n) is 3.49. The van der Waals surface area contributed by atoms with E-state index >= 15 is 0 Å². The molecule has 2 aromatic carbocycles. The van der Waals surface area contributed by atoms with Gasteiger partial charge in [0.15, 0.2) is 0 Å². The number of carbonyl (C=O) groups is 2. The molecule has 1 heterocycles. The van der Waals surface area contributed by atoms with Gasteiger partial charge < -0.3 is 10.1 Å². The third-order valence-corrected chi connectivity index (χ3v) is 5.99. The van der Waals surface area contributed by atoms with Gasteiger partial charge >= 0.3 is 5.97 Å². The molecule has 0 aromatic heterocycles. The molecule has 0 saturated carbocycles. The molecular weight excluding hydrogens is 378 g/mol. The van der Waals surface area contributed by atoms with Gasteiger partial charge in [-0.3, -0.25) is 9.59 Å². The largest absolute Gasteiger partial charge is 0.465 e. The minimum atomic E-state index is -0.452. The number of thioether (sulfide) groups is 2. The Morgan fingerprint density at radius 2 is 1.96 bits per heavy atom. The summed E-state index contributed by atoms with van der Waals surface area (Å²) in [5.74, 6) is 0.139. The highest BCUT2D eigenvalue weighted by molar-refractivity contribution is 8.01. The molecule has 1 atom stereocenters. The summed E-state index contributed by atoms with van der Waals surface area (Å²) in [5, 5.41) is 3.07. The van der Waals surface area contributed by atoms with Crippen LogP contribution in [0.4, 0.5) is 5.69 Å². The second-order valence-electron chi connectivity index (χ2n) is 5.32. The van der Waals surface area contributed by atoms with E-state index in [4.69, 9.17) is 16.3 Å². The van der Waals surface area contributed by atoms with E-state index in [1.807, 2.05) is 48.5 Å². The first-order valence-corrected chi connectivity index (χ1v) is 9.97. The van der Waals surface area contributed by atoms with Crippen molar-refractivity contribution in [3.8, 4) is 0 Å². The Labute approximate surface area is 159 Å². The number of carbonyl (C=O) groups excluding carboxylic acids is 2. The van der Waals surface area contributed by atoms with Crippen molar-refractivity contribution in [1.82, 2.24) is 0 Å². The molecule has 0 bridgehead atoms. The van der Waals surface area contributed by atoms with E-state index in [2.05, 4.69) is 5.32 Å². The van der Waals surface area contributed by atoms with Crippen molar-refractivity contribution in [3.63, 3.8) is 0 Å². The lowest BCUT2D eigenvalue weighted by Crippen LogP contribution is -2.31. The van der Waals surface area contributed by atoms with Crippen LogP contribution in [-0.4, -0.2) is 29.5 Å². The van der Waals surface area contributed by atoms with Gasteiger partial charge in [0, 0.05) is 20.6 Å². The first kappa shape index (κ1) is 18.2. The molecule has 4 nitrogen and oxygen atoms in total. The van der Waals surface area contributed by atoms with Crippen LogP contribution >= 0.6 is 35.1 Å². The Hall–Kier alpha value is -1.63. The SMILES string of the molecule is O=C(C[C@@H]1Sc2ccccc2NC1=O)OCCSc1ccc(Cl)cc1. The first-order valence-electron chi connectivity index (χ1n) is 7.72. The average Bonchev–Trinajstić information content (AvgIpc) is 2.61. The number of hydrogen-bond donors (Lipinski definition) is 1. The van der Waals surface area contributed by atoms with Crippen LogP contribution in [0.2, 0.25) is 5.02 Å². The number of halogens is 1. The number of rotatable bonds is 6. The van der Waals surface area contributed by atoms with Gasteiger partial charge in [0.1, 0.15) is 6.61 Å². The molecule has 0 aliphatic carbocycles. The molecule has 0 radical (unpaired) electrons. The van der Waals surface area contributed by atoms with E-state index in [-0.39, 0.29) is 18.3 Å². The molecule has 0 saturated heterocycles. The van der Waals surface area contributed by atoms with Crippen molar-refractivity contribution >= 4 is 52.7 Å². The average molecular weight is 394 g/mol. The molecule has 25 heavy (non-hydrogen) atoms. The van der Waals surface area contributed by atoms with Crippen molar-refractivity contribution in [1.29, 1.82) is 0 Å². The molecular formula is C18H16ClNO3S2. The smallest absolute Gasteiger partial charge is 0.307 e. The lowest BCUT2D eigenvalue weighted by Gasteiger charge is -2.23. The summed E-state index contributed by atoms with van der Waals surface area (Å²) in [6.07, 6.45) is 0.0659. The Morgan fingerprint density at radius 1 is 1.20 bits per heavy atom. The van der Waals surface area contributed by atoms with Crippen LogP contribution in [0.1, 0.15) is 6.42 Å². The fourth-order valence-corrected chi connectivity index (χ4v) is 4.24. The highest BCUT2D eigenvalue weighted by Crippen LogP contribution is 2.36. The number of fused-ring (bicyclic) bond motifs is 1. The summed E-state index contributed by atoms with van der Waals surface area (Å²) in [6, 6.07) is 15.1. The minimum absolute atomic E-state index is 0.0659. The second-order valence-corrected chi connectivity index (χ2v) is 8.17. The van der Waals surface area contributed by atoms with E-state index in [9.17, 15) is 9.59 Å². The maximum absolute atomic E-state index is 12.1. The molecule has 0 spiro atoms. The predicted octanol–water partition coefficient (Wildman–Crippen LogP) is 4.48. The normalized spacial score (nSPS) is 16.0. The van der Waals surface area contributed by atoms with Crippen molar-refractivity contribution in [2.24, 2.45) is 0 Å². The molecule has 2 aromatic rings. The number of esters is 1. The van der Waals surface area contributed by atoms with Gasteiger partial charge in [0.2, 0.25) is 5.91 Å². The van der Waals surface area contributed by atoms with E-state index in [1.54, 1.807) is 11.8 Å². The van der Waals surface area contributed by atoms with Crippen LogP contribution in [0, 0.1) is 0 Å². The summed E-state index contributed by atoms with van der Waals surface area (Å²) < 4.78 is 5.25. The Bertz CT molecular complexity index is 767. The number of nitrogens with one attached hydrogen (secondary N) is 1. The van der Waals surface area contributed by atoms with Crippen LogP contribution in [0.15, 0.2) is 58.3 Å². The fraction of sp³-hybridized carbons (Fsp3) is 0.222. The van der Waals surface area contributed by atoms with Crippen LogP contribution < -0.4 is 5.32 Å². The van der Waals surface area contributed by atoms with E-state index in [1.165, 1.54) is 11.8 Å². The molecule has 3 rings (SSSR count). The Kier molecular flexibility index (Phi) is 6.29. The summed E-state index contributed by atoms with van der Waals surface area (Å²) >= 11 is 8.83. The second kappa shape index (κ2) is 8.65. The van der Waals surface area contributed by atoms with E-state index in [0.29, 0.717) is 17.4 Å². The number of ether oxygens (including phenoxy) is 1. The van der Waals surface area contributed by atoms with Crippen molar-refractivity contribution < 1.29 is 14.3 Å². The van der Waals surface area contributed by atoms with Crippen molar-refractivity contribution in [2.45, 2.75) is 21.5 Å². The topological polar surface area (TPSA) is 55.4 Å². The van der Waals surface area contributed by atoms with Gasteiger partial charge in [-0.2, -0.15) is 0 Å². The lowest BCUT2D eigenvalue weighted by atomic mass is 10.2. The third kappa shape index (κ3) is 5.17. The molecule has 1 aliphatic heterocycles. The standard InChI is InChI=1S/C18H16ClNO3S2/c19-12-5-7-13(8-6-12)24-10-9-23-17(21)11-16-18(22)20-14-3-1-2-4-15(14)25-16/h1-8,16H,9-11H2,(H,20,22)/t16-/m0/s1. The van der Waals surface area contributed by atoms with Crippen LogP contribution in [-0.2, 0) is 14.3 Å². The molecule has 0 unspecified atom stereocenters. The number of hydrogen-bond acceptors (Lipinski definition) is 5. The summed E-state index contributed by atoms with van der Waals surface area (Å²) in [4.78, 5) is 26.1. The van der Waals surface area contributed by atoms with Crippen LogP contribution in [0.5, 0.6) is 0 Å². The van der Waals surface area contributed by atoms with Crippen molar-refractivity contribution in [3.05, 3.63) is 53.6 Å². The molecule has 7 heteroatoms. The zero-order valence-corrected chi connectivity index (χ0v) is 15.6. The number of benzene rings is 2. The maximum Gasteiger partial charge on any atom is 0.307 e. The predicted molar refractivity (Wildman–Crippen MR) is 102 cm³/mol. The van der Waals surface area contributed by atoms with Crippen molar-refractivity contribution in [2.75, 3.05) is 17.7 Å². The first-order chi connectivity index (χ1) is 12.1. The molecule has 0 fully saturated rings. The van der Waals surface area contributed by atoms with Gasteiger partial charge in [-0.25, -0.2) is 0 Å². The van der Waals surface area contributed by atoms with Crippen LogP contribution in [0.25, 0.3) is 0 Å². The van der Waals surface area contributed by atoms with E-state index < -0.39 is 5.25 Å². The quantitative estimate of drug-likeness (QED) is 0.445. The van der Waals surface area contributed by atoms with Gasteiger partial charge in [-0.15, -0.1) is 23.5 Å². The zero-order valence-electron chi connectivity index (χ0n) is 13.2. The minimum Gasteiger partial charge on any atom is -0.465 e. The van der Waals surface area contributed by atoms with Gasteiger partial charge in [0.05, 0.1) is 17.4 Å². The highest BCUT2D eigenvalue weighted by Gasteiger charge is 2.29. The summed E-state index contributed by atoms with van der Waals surface area (Å²) in [5.41, 5.74) is 0.793. The summed E-state index contributed by atoms with van der Waals surface area (Å²) in [7, 11) is 0. The van der Waals surface area contributed by atoms with Gasteiger partial charge in [-0.1, -0.05) is 23.7 Å². The van der Waals surface area contributed by atoms with Gasteiger partial charge in [-0.05, 0) is 36.4 Å². The Balaban J connectivity index is 1.42. The van der Waals surface area contributed by atoms with E-state index in [0.717, 1.165) is 15.5 Å². The lowest BCUT2D eigenvalue weighted by molar-refractivity contribution is -0.143. The molecule has 1 aliphatic rings. The molecule has 1 amide bonds. The molecule has 1 N–H and O–H groups in total. The van der Waals surface area contributed by atoms with Gasteiger partial charge in [0.25, 0.3) is 0 Å². The number of para-hydroxylation sites is 1. The monoisotopic (exact) mass is 393 g/mol. The highest BCUT2D eigenvalue weighted by atomic mass is 35.5. The molecule has 130 valence electrons. The van der Waals surface area contributed by atoms with Crippen LogP contribution in [0.3, 0.4) is 0 Å². The zero-order chi connectivity index (χ0) is 17.6. The summed E-state index contributed by atoms with van der Waals surface area (Å²) in [6.45, 7) is 0.307. The number of amides is 1.